The Kier molecular flexibility index (Phi) is 8.67. The van der Waals surface area contributed by atoms with Crippen LogP contribution >= 0.6 is 0 Å². The van der Waals surface area contributed by atoms with Crippen molar-refractivity contribution in [1.82, 2.24) is 29.9 Å². The number of nitrogens with two attached hydrogens (primary N) is 1. The summed E-state index contributed by atoms with van der Waals surface area (Å²) >= 11 is 0. The van der Waals surface area contributed by atoms with E-state index < -0.39 is 71.3 Å². The number of aryl methyl sites for hydroxylation is 1. The molecule has 2 aliphatic rings. The molecule has 5 aromatic rings. The predicted octanol–water partition coefficient (Wildman–Crippen LogP) is 6.07. The van der Waals surface area contributed by atoms with Crippen molar-refractivity contribution in [3.8, 4) is 28.7 Å². The van der Waals surface area contributed by atoms with Crippen molar-refractivity contribution >= 4 is 22.6 Å². The second-order valence-corrected chi connectivity index (χ2v) is 13.8. The molecule has 2 aliphatic carbocycles. The molecule has 16 heteroatoms. The lowest BCUT2D eigenvalue weighted by Crippen LogP contribution is -2.35. The third-order valence-corrected chi connectivity index (χ3v) is 9.40. The molecule has 0 saturated heterocycles. The van der Waals surface area contributed by atoms with Gasteiger partial charge in [0.15, 0.2) is 5.82 Å². The predicted molar refractivity (Wildman–Crippen MR) is 181 cm³/mol. The van der Waals surface area contributed by atoms with Gasteiger partial charge in [0.1, 0.15) is 46.6 Å². The maximum atomic E-state index is 15.3. The molecule has 3 aromatic heterocycles. The molecule has 0 unspecified atom stereocenters. The lowest BCUT2D eigenvalue weighted by molar-refractivity contribution is -0.123. The molecule has 276 valence electrons. The fourth-order valence-corrected chi connectivity index (χ4v) is 7.19. The number of carbonyl (C=O) groups excluding carboxylic acids is 1. The first kappa shape index (κ1) is 35.8. The number of aliphatic hydroxyl groups is 1. The summed E-state index contributed by atoms with van der Waals surface area (Å²) in [7, 11) is 3.12. The molecular formula is C37H33F6N7O3. The number of pyridine rings is 1. The van der Waals surface area contributed by atoms with Gasteiger partial charge in [-0.1, -0.05) is 5.92 Å². The van der Waals surface area contributed by atoms with E-state index in [0.717, 1.165) is 12.1 Å². The lowest BCUT2D eigenvalue weighted by atomic mass is 9.93. The number of fused-ring (bicyclic) bond motifs is 4. The third kappa shape index (κ3) is 6.54. The Morgan fingerprint density at radius 2 is 1.81 bits per heavy atom. The highest BCUT2D eigenvalue weighted by Gasteiger charge is 2.67. The molecule has 53 heavy (non-hydrogen) atoms. The minimum atomic E-state index is -3.47. The first-order valence-corrected chi connectivity index (χ1v) is 16.5. The molecule has 0 aliphatic heterocycles. The van der Waals surface area contributed by atoms with E-state index in [1.807, 2.05) is 0 Å². The first-order chi connectivity index (χ1) is 25.0. The number of nitrogen functional groups attached to an aromatic ring is 1. The average Bonchev–Trinajstić information content (AvgIpc) is 3.63. The molecule has 2 aromatic carbocycles. The highest BCUT2D eigenvalue weighted by molar-refractivity contribution is 6.03. The molecule has 0 radical (unpaired) electrons. The van der Waals surface area contributed by atoms with Crippen molar-refractivity contribution in [2.24, 2.45) is 13.0 Å². The Balaban J connectivity index is 1.37. The van der Waals surface area contributed by atoms with E-state index in [1.165, 1.54) is 25.6 Å². The summed E-state index contributed by atoms with van der Waals surface area (Å²) in [6, 6.07) is 8.16. The number of carbonyl (C=O) groups is 1. The van der Waals surface area contributed by atoms with E-state index in [1.54, 1.807) is 31.3 Å². The van der Waals surface area contributed by atoms with Crippen LogP contribution in [0.25, 0.3) is 22.0 Å². The van der Waals surface area contributed by atoms with Crippen LogP contribution in [0.1, 0.15) is 72.6 Å². The van der Waals surface area contributed by atoms with Gasteiger partial charge in [0, 0.05) is 35.7 Å². The van der Waals surface area contributed by atoms with Gasteiger partial charge in [-0.3, -0.25) is 14.2 Å². The third-order valence-electron chi connectivity index (χ3n) is 9.40. The highest BCUT2D eigenvalue weighted by Crippen LogP contribution is 2.68. The van der Waals surface area contributed by atoms with Crippen LogP contribution in [0.3, 0.4) is 0 Å². The normalized spacial score (nSPS) is 17.7. The highest BCUT2D eigenvalue weighted by atomic mass is 19.3. The van der Waals surface area contributed by atoms with Gasteiger partial charge in [0.05, 0.1) is 29.7 Å². The number of halogens is 6. The molecule has 1 saturated carbocycles. The molecule has 4 N–H and O–H groups in total. The zero-order valence-electron chi connectivity index (χ0n) is 28.8. The van der Waals surface area contributed by atoms with Crippen molar-refractivity contribution in [2.75, 3.05) is 12.8 Å². The monoisotopic (exact) mass is 737 g/mol. The number of hydrogen-bond acceptors (Lipinski definition) is 7. The molecule has 1 amide bonds. The number of methoxy groups -OCH3 is 1. The quantitative estimate of drug-likeness (QED) is 0.124. The van der Waals surface area contributed by atoms with Crippen molar-refractivity contribution in [1.29, 1.82) is 0 Å². The Labute approximate surface area is 298 Å². The summed E-state index contributed by atoms with van der Waals surface area (Å²) in [4.78, 5) is 18.6. The number of anilines is 1. The molecule has 1 fully saturated rings. The van der Waals surface area contributed by atoms with Crippen molar-refractivity contribution in [2.45, 2.75) is 63.1 Å². The standard InChI is InChI=1S/C37H33F6N7O3/c1-36(2,52)10-9-20-5-6-21(22-7-8-26(53-4)29-32(22)49(3)48-35(29)44)30(45-20)25(13-17-11-18(38)14-19(39)12-17)46-27(51)16-50-33-28(31(47-50)34(40)41)23-15-24(23)37(33,42)43/h5-8,11-12,14,23-25,34,52H,13,15-16H2,1-4H3,(H2,44,48)(H,46,51)/t23-,24+,25-/m0/s1. The van der Waals surface area contributed by atoms with Crippen LogP contribution in [0.2, 0.25) is 0 Å². The van der Waals surface area contributed by atoms with Crippen LogP contribution in [-0.4, -0.2) is 48.3 Å². The van der Waals surface area contributed by atoms with E-state index >= 15 is 8.78 Å². The fraction of sp³-hybridized carbons (Fsp3) is 0.351. The topological polar surface area (TPSA) is 133 Å². The second-order valence-electron chi connectivity index (χ2n) is 13.8. The molecule has 0 bridgehead atoms. The van der Waals surface area contributed by atoms with E-state index in [4.69, 9.17) is 15.5 Å². The summed E-state index contributed by atoms with van der Waals surface area (Å²) in [6.07, 6.45) is -3.36. The summed E-state index contributed by atoms with van der Waals surface area (Å²) in [5.74, 6) is -2.02. The van der Waals surface area contributed by atoms with E-state index in [0.29, 0.717) is 38.5 Å². The summed E-state index contributed by atoms with van der Waals surface area (Å²) in [5, 5.41) is 21.6. The van der Waals surface area contributed by atoms with Crippen molar-refractivity contribution in [3.05, 3.63) is 88.0 Å². The number of hydrogen-bond donors (Lipinski definition) is 3. The van der Waals surface area contributed by atoms with Gasteiger partial charge < -0.3 is 20.9 Å². The summed E-state index contributed by atoms with van der Waals surface area (Å²) in [5.41, 5.74) is 4.90. The first-order valence-electron chi connectivity index (χ1n) is 16.5. The van der Waals surface area contributed by atoms with Gasteiger partial charge in [-0.2, -0.15) is 19.0 Å². The maximum Gasteiger partial charge on any atom is 0.293 e. The van der Waals surface area contributed by atoms with Gasteiger partial charge in [-0.25, -0.2) is 22.5 Å². The van der Waals surface area contributed by atoms with Gasteiger partial charge in [0.25, 0.3) is 12.3 Å². The molecule has 0 spiro atoms. The van der Waals surface area contributed by atoms with Crippen LogP contribution < -0.4 is 15.8 Å². The number of nitrogens with one attached hydrogen (secondary N) is 1. The number of aromatic nitrogens is 5. The summed E-state index contributed by atoms with van der Waals surface area (Å²) in [6.45, 7) is 2.07. The van der Waals surface area contributed by atoms with Gasteiger partial charge in [-0.15, -0.1) is 0 Å². The molecule has 10 nitrogen and oxygen atoms in total. The maximum absolute atomic E-state index is 15.3. The molecule has 3 atom stereocenters. The van der Waals surface area contributed by atoms with E-state index in [2.05, 4.69) is 27.4 Å². The van der Waals surface area contributed by atoms with Crippen LogP contribution in [0, 0.1) is 29.4 Å². The molecule has 7 rings (SSSR count). The minimum absolute atomic E-state index is 0.0476. The number of nitrogens with zero attached hydrogens (tertiary/aromatic N) is 5. The smallest absolute Gasteiger partial charge is 0.293 e. The Hall–Kier alpha value is -5.56. The minimum Gasteiger partial charge on any atom is -0.496 e. The number of benzene rings is 2. The Bertz CT molecular complexity index is 2330. The van der Waals surface area contributed by atoms with E-state index in [9.17, 15) is 27.5 Å². The van der Waals surface area contributed by atoms with E-state index in [-0.39, 0.29) is 41.2 Å². The van der Waals surface area contributed by atoms with Gasteiger partial charge >= 0.3 is 0 Å². The second kappa shape index (κ2) is 12.8. The van der Waals surface area contributed by atoms with Crippen LogP contribution in [0.4, 0.5) is 32.2 Å². The average molecular weight is 738 g/mol. The zero-order chi connectivity index (χ0) is 38.1. The van der Waals surface area contributed by atoms with Crippen LogP contribution in [0.15, 0.2) is 42.5 Å². The lowest BCUT2D eigenvalue weighted by Gasteiger charge is -2.23. The number of ether oxygens (including phenoxy) is 1. The number of alkyl halides is 4. The van der Waals surface area contributed by atoms with Gasteiger partial charge in [0.2, 0.25) is 5.91 Å². The number of rotatable bonds is 9. The van der Waals surface area contributed by atoms with Crippen LogP contribution in [-0.2, 0) is 30.7 Å². The SMILES string of the molecule is COc1ccc(-c2ccc(C#CC(C)(C)O)nc2[C@H](Cc2cc(F)cc(F)c2)NC(=O)Cn2nc(C(F)F)c3c2C(F)(F)[C@@H]2C[C@H]32)c2c1c(N)nn2C. The van der Waals surface area contributed by atoms with Crippen molar-refractivity contribution in [3.63, 3.8) is 0 Å². The van der Waals surface area contributed by atoms with Crippen LogP contribution in [0.5, 0.6) is 5.75 Å². The Morgan fingerprint density at radius 1 is 1.11 bits per heavy atom. The molecular weight excluding hydrogens is 704 g/mol. The largest absolute Gasteiger partial charge is 0.496 e. The summed E-state index contributed by atoms with van der Waals surface area (Å²) < 4.78 is 95.3. The zero-order valence-corrected chi connectivity index (χ0v) is 28.8. The Morgan fingerprint density at radius 3 is 2.47 bits per heavy atom. The fourth-order valence-electron chi connectivity index (χ4n) is 7.19. The van der Waals surface area contributed by atoms with Crippen molar-refractivity contribution < 1.29 is 41.0 Å². The molecule has 3 heterocycles. The van der Waals surface area contributed by atoms with Gasteiger partial charge in [-0.05, 0) is 80.5 Å². The number of amides is 1.